The topological polar surface area (TPSA) is 106 Å². The van der Waals surface area contributed by atoms with Crippen LogP contribution in [0.4, 0.5) is 0 Å². The van der Waals surface area contributed by atoms with Gasteiger partial charge in [-0.2, -0.15) is 0 Å². The summed E-state index contributed by atoms with van der Waals surface area (Å²) >= 11 is 6.40. The molecule has 1 unspecified atom stereocenters. The number of thiocarbonyl (C=S) groups is 1. The summed E-state index contributed by atoms with van der Waals surface area (Å²) < 4.78 is 16.5. The highest BCUT2D eigenvalue weighted by molar-refractivity contribution is 8.26. The molecule has 2 amide bonds. The minimum Gasteiger partial charge on any atom is -0.493 e. The van der Waals surface area contributed by atoms with Gasteiger partial charge in [-0.3, -0.25) is 14.5 Å². The Kier molecular flexibility index (Phi) is 8.24. The zero-order valence-corrected chi connectivity index (χ0v) is 21.0. The van der Waals surface area contributed by atoms with Crippen molar-refractivity contribution < 1.29 is 33.7 Å². The van der Waals surface area contributed by atoms with E-state index in [0.717, 1.165) is 16.7 Å². The maximum atomic E-state index is 13.2. The van der Waals surface area contributed by atoms with Gasteiger partial charge in [-0.25, -0.2) is 4.79 Å². The van der Waals surface area contributed by atoms with E-state index >= 15 is 0 Å². The number of carbonyl (C=O) groups is 3. The Morgan fingerprint density at radius 1 is 1.17 bits per heavy atom. The van der Waals surface area contributed by atoms with Gasteiger partial charge in [-0.05, 0) is 29.3 Å². The number of amides is 2. The number of hydrogen-bond donors (Lipinski definition) is 1. The number of morpholine rings is 1. The second-order valence-corrected chi connectivity index (χ2v) is 9.57. The summed E-state index contributed by atoms with van der Waals surface area (Å²) in [5, 5.41) is 9.82. The molecule has 0 saturated carbocycles. The number of nitrogens with zero attached hydrogens (tertiary/aromatic N) is 2. The maximum absolute atomic E-state index is 13.2. The number of ether oxygens (including phenoxy) is 3. The molecule has 2 aliphatic rings. The van der Waals surface area contributed by atoms with Crippen molar-refractivity contribution in [1.29, 1.82) is 0 Å². The van der Waals surface area contributed by atoms with E-state index in [4.69, 9.17) is 26.4 Å². The lowest BCUT2D eigenvalue weighted by atomic mass is 10.1. The van der Waals surface area contributed by atoms with E-state index in [-0.39, 0.29) is 16.8 Å². The first-order valence-corrected chi connectivity index (χ1v) is 12.3. The van der Waals surface area contributed by atoms with Crippen molar-refractivity contribution >= 4 is 52.2 Å². The zero-order chi connectivity index (χ0) is 25.7. The van der Waals surface area contributed by atoms with E-state index in [1.54, 1.807) is 59.5 Å². The predicted octanol–water partition coefficient (Wildman–Crippen LogP) is 2.96. The number of hydrogen-bond acceptors (Lipinski definition) is 8. The molecule has 2 heterocycles. The Morgan fingerprint density at radius 2 is 1.89 bits per heavy atom. The molecule has 11 heteroatoms. The fourth-order valence-corrected chi connectivity index (χ4v) is 5.14. The minimum absolute atomic E-state index is 0.134. The molecule has 0 bridgehead atoms. The second kappa shape index (κ2) is 11.5. The summed E-state index contributed by atoms with van der Waals surface area (Å²) in [5.41, 5.74) is 1.09. The third-order valence-electron chi connectivity index (χ3n) is 5.63. The van der Waals surface area contributed by atoms with Crippen LogP contribution in [0.25, 0.3) is 6.08 Å². The van der Waals surface area contributed by atoms with Crippen LogP contribution in [0.5, 0.6) is 11.5 Å². The van der Waals surface area contributed by atoms with Crippen molar-refractivity contribution in [2.45, 2.75) is 6.04 Å². The number of rotatable bonds is 8. The van der Waals surface area contributed by atoms with Crippen LogP contribution in [0.15, 0.2) is 53.4 Å². The highest BCUT2D eigenvalue weighted by Crippen LogP contribution is 2.39. The highest BCUT2D eigenvalue weighted by atomic mass is 32.2. The first-order valence-electron chi connectivity index (χ1n) is 11.1. The largest absolute Gasteiger partial charge is 0.493 e. The van der Waals surface area contributed by atoms with Crippen molar-refractivity contribution in [3.05, 3.63) is 64.6 Å². The van der Waals surface area contributed by atoms with Crippen molar-refractivity contribution in [3.63, 3.8) is 0 Å². The van der Waals surface area contributed by atoms with E-state index in [0.29, 0.717) is 53.8 Å². The lowest BCUT2D eigenvalue weighted by Gasteiger charge is -2.26. The molecule has 2 fully saturated rings. The summed E-state index contributed by atoms with van der Waals surface area (Å²) in [6, 6.07) is 12.3. The molecule has 0 spiro atoms. The number of carboxylic acid groups (broad SMARTS) is 1. The van der Waals surface area contributed by atoms with Gasteiger partial charge in [0, 0.05) is 13.1 Å². The third-order valence-corrected chi connectivity index (χ3v) is 6.96. The number of carbonyl (C=O) groups excluding carboxylic acids is 2. The Labute approximate surface area is 217 Å². The van der Waals surface area contributed by atoms with E-state index in [2.05, 4.69) is 0 Å². The molecule has 1 atom stereocenters. The first-order chi connectivity index (χ1) is 17.4. The molecule has 2 aliphatic heterocycles. The molecule has 9 nitrogen and oxygen atoms in total. The summed E-state index contributed by atoms with van der Waals surface area (Å²) in [7, 11) is 1.48. The normalized spacial score (nSPS) is 17.9. The third kappa shape index (κ3) is 5.69. The monoisotopic (exact) mass is 528 g/mol. The Bertz CT molecular complexity index is 1200. The van der Waals surface area contributed by atoms with Crippen LogP contribution < -0.4 is 9.47 Å². The number of methoxy groups -OCH3 is 1. The lowest BCUT2D eigenvalue weighted by molar-refractivity contribution is -0.145. The zero-order valence-electron chi connectivity index (χ0n) is 19.4. The van der Waals surface area contributed by atoms with E-state index in [1.807, 2.05) is 0 Å². The molecule has 0 aliphatic carbocycles. The molecule has 188 valence electrons. The van der Waals surface area contributed by atoms with Crippen LogP contribution in [0, 0.1) is 0 Å². The summed E-state index contributed by atoms with van der Waals surface area (Å²) in [4.78, 5) is 40.7. The van der Waals surface area contributed by atoms with Crippen molar-refractivity contribution in [1.82, 2.24) is 9.80 Å². The van der Waals surface area contributed by atoms with Crippen molar-refractivity contribution in [2.24, 2.45) is 0 Å². The van der Waals surface area contributed by atoms with Crippen LogP contribution in [0.1, 0.15) is 17.2 Å². The molecule has 0 aromatic heterocycles. The average Bonchev–Trinajstić information content (AvgIpc) is 3.16. The van der Waals surface area contributed by atoms with Gasteiger partial charge in [0.2, 0.25) is 0 Å². The van der Waals surface area contributed by atoms with Gasteiger partial charge in [0.25, 0.3) is 11.8 Å². The van der Waals surface area contributed by atoms with Gasteiger partial charge < -0.3 is 24.2 Å². The molecule has 2 aromatic carbocycles. The molecule has 2 aromatic rings. The second-order valence-electron chi connectivity index (χ2n) is 7.90. The number of carboxylic acids is 1. The number of thioether (sulfide) groups is 1. The van der Waals surface area contributed by atoms with Crippen molar-refractivity contribution in [2.75, 3.05) is 40.0 Å². The quantitative estimate of drug-likeness (QED) is 0.409. The number of benzene rings is 2. The molecule has 1 N–H and O–H groups in total. The maximum Gasteiger partial charge on any atom is 0.331 e. The molecule has 2 saturated heterocycles. The van der Waals surface area contributed by atoms with Gasteiger partial charge >= 0.3 is 5.97 Å². The number of aliphatic carboxylic acids is 1. The van der Waals surface area contributed by atoms with E-state index < -0.39 is 17.9 Å². The van der Waals surface area contributed by atoms with Gasteiger partial charge in [0.1, 0.15) is 4.32 Å². The van der Waals surface area contributed by atoms with Crippen LogP contribution in [0.3, 0.4) is 0 Å². The summed E-state index contributed by atoms with van der Waals surface area (Å²) in [6.45, 7) is 1.94. The standard InChI is InChI=1S/C25H24N2O7S2/c1-32-19-13-16(7-8-18(19)34-15-21(28)26-9-11-33-12-10-26)14-20-23(29)27(25(35)36-20)22(24(30)31)17-5-3-2-4-6-17/h2-8,13-14,22H,9-12,15H2,1H3,(H,30,31)/b20-14+. The Balaban J connectivity index is 1.50. The first kappa shape index (κ1) is 25.7. The molecule has 4 rings (SSSR count). The van der Waals surface area contributed by atoms with E-state index in [9.17, 15) is 19.5 Å². The van der Waals surface area contributed by atoms with Crippen molar-refractivity contribution in [3.8, 4) is 11.5 Å². The predicted molar refractivity (Wildman–Crippen MR) is 138 cm³/mol. The van der Waals surface area contributed by atoms with Crippen LogP contribution >= 0.6 is 24.0 Å². The molecule has 36 heavy (non-hydrogen) atoms. The van der Waals surface area contributed by atoms with Gasteiger partial charge in [0.05, 0.1) is 25.2 Å². The minimum atomic E-state index is -1.22. The highest BCUT2D eigenvalue weighted by Gasteiger charge is 2.41. The SMILES string of the molecule is COc1cc(/C=C2/SC(=S)N(C(C(=O)O)c3ccccc3)C2=O)ccc1OCC(=O)N1CCOCC1. The lowest BCUT2D eigenvalue weighted by Crippen LogP contribution is -2.43. The van der Waals surface area contributed by atoms with Crippen LogP contribution in [0.2, 0.25) is 0 Å². The van der Waals surface area contributed by atoms with Gasteiger partial charge in [0.15, 0.2) is 24.1 Å². The average molecular weight is 529 g/mol. The smallest absolute Gasteiger partial charge is 0.331 e. The van der Waals surface area contributed by atoms with Gasteiger partial charge in [-0.1, -0.05) is 60.4 Å². The van der Waals surface area contributed by atoms with Crippen LogP contribution in [-0.4, -0.2) is 77.0 Å². The summed E-state index contributed by atoms with van der Waals surface area (Å²) in [6.07, 6.45) is 1.62. The van der Waals surface area contributed by atoms with Crippen LogP contribution in [-0.2, 0) is 19.1 Å². The van der Waals surface area contributed by atoms with E-state index in [1.165, 1.54) is 7.11 Å². The molecule has 0 radical (unpaired) electrons. The molecular formula is C25H24N2O7S2. The fraction of sp³-hybridized carbons (Fsp3) is 0.280. The Morgan fingerprint density at radius 3 is 2.56 bits per heavy atom. The summed E-state index contributed by atoms with van der Waals surface area (Å²) in [5.74, 6) is -1.02. The van der Waals surface area contributed by atoms with Gasteiger partial charge in [-0.15, -0.1) is 0 Å². The molecular weight excluding hydrogens is 504 g/mol. The fourth-order valence-electron chi connectivity index (χ4n) is 3.83. The Hall–Kier alpha value is -3.41.